The Kier molecular flexibility index (Phi) is 4.23. The third-order valence-corrected chi connectivity index (χ3v) is 2.36. The van der Waals surface area contributed by atoms with Crippen molar-refractivity contribution in [2.45, 2.75) is 20.3 Å². The Hall–Kier alpha value is -1.43. The van der Waals surface area contributed by atoms with Gasteiger partial charge in [0, 0.05) is 18.8 Å². The second kappa shape index (κ2) is 5.45. The van der Waals surface area contributed by atoms with Gasteiger partial charge in [0.2, 0.25) is 11.8 Å². The number of thiazole rings is 1. The Balaban J connectivity index is 2.52. The van der Waals surface area contributed by atoms with Crippen molar-refractivity contribution in [3.8, 4) is 0 Å². The second-order valence-corrected chi connectivity index (χ2v) is 3.81. The summed E-state index contributed by atoms with van der Waals surface area (Å²) in [5.74, 6) is -0.217. The van der Waals surface area contributed by atoms with Gasteiger partial charge in [-0.05, 0) is 6.92 Å². The Morgan fingerprint density at radius 3 is 2.87 bits per heavy atom. The van der Waals surface area contributed by atoms with Crippen LogP contribution in [0, 0.1) is 0 Å². The predicted molar refractivity (Wildman–Crippen MR) is 58.8 cm³/mol. The zero-order valence-electron chi connectivity index (χ0n) is 8.66. The van der Waals surface area contributed by atoms with Gasteiger partial charge in [0.25, 0.3) is 0 Å². The summed E-state index contributed by atoms with van der Waals surface area (Å²) in [6.07, 6.45) is 0.254. The van der Waals surface area contributed by atoms with Gasteiger partial charge in [0.1, 0.15) is 0 Å². The van der Waals surface area contributed by atoms with Gasteiger partial charge in [-0.2, -0.15) is 0 Å². The molecule has 0 bridgehead atoms. The van der Waals surface area contributed by atoms with Crippen LogP contribution in [0.15, 0.2) is 5.38 Å². The molecule has 2 N–H and O–H groups in total. The zero-order valence-corrected chi connectivity index (χ0v) is 9.48. The lowest BCUT2D eigenvalue weighted by molar-refractivity contribution is -0.120. The van der Waals surface area contributed by atoms with E-state index < -0.39 is 0 Å². The first kappa shape index (κ1) is 11.6. The van der Waals surface area contributed by atoms with E-state index in [1.165, 1.54) is 18.3 Å². The summed E-state index contributed by atoms with van der Waals surface area (Å²) in [7, 11) is 0. The fourth-order valence-electron chi connectivity index (χ4n) is 1.02. The summed E-state index contributed by atoms with van der Waals surface area (Å²) in [6.45, 7) is 3.90. The summed E-state index contributed by atoms with van der Waals surface area (Å²) >= 11 is 1.31. The number of hydrogen-bond donors (Lipinski definition) is 2. The lowest BCUT2D eigenvalue weighted by Crippen LogP contribution is -2.24. The number of aromatic nitrogens is 1. The SMILES string of the molecule is CCNC(=O)Cc1csc(NC(C)=O)n1. The van der Waals surface area contributed by atoms with Crippen molar-refractivity contribution in [3.05, 3.63) is 11.1 Å². The number of nitrogens with zero attached hydrogens (tertiary/aromatic N) is 1. The van der Waals surface area contributed by atoms with Gasteiger partial charge in [-0.15, -0.1) is 11.3 Å². The van der Waals surface area contributed by atoms with Crippen LogP contribution in [0.1, 0.15) is 19.5 Å². The van der Waals surface area contributed by atoms with Gasteiger partial charge in [-0.1, -0.05) is 0 Å². The molecule has 2 amide bonds. The lowest BCUT2D eigenvalue weighted by Gasteiger charge is -1.98. The first-order chi connectivity index (χ1) is 7.11. The molecule has 0 saturated carbocycles. The summed E-state index contributed by atoms with van der Waals surface area (Å²) in [6, 6.07) is 0. The molecule has 0 aliphatic carbocycles. The first-order valence-corrected chi connectivity index (χ1v) is 5.48. The second-order valence-electron chi connectivity index (χ2n) is 2.96. The standard InChI is InChI=1S/C9H13N3O2S/c1-3-10-8(14)4-7-5-15-9(12-7)11-6(2)13/h5H,3-4H2,1-2H3,(H,10,14)(H,11,12,13). The largest absolute Gasteiger partial charge is 0.356 e. The molecule has 1 heterocycles. The van der Waals surface area contributed by atoms with Crippen molar-refractivity contribution in [1.82, 2.24) is 10.3 Å². The highest BCUT2D eigenvalue weighted by atomic mass is 32.1. The molecule has 0 aliphatic rings. The van der Waals surface area contributed by atoms with Crippen molar-refractivity contribution in [1.29, 1.82) is 0 Å². The maximum Gasteiger partial charge on any atom is 0.226 e. The molecule has 5 nitrogen and oxygen atoms in total. The normalized spacial score (nSPS) is 9.73. The van der Waals surface area contributed by atoms with Gasteiger partial charge in [0.15, 0.2) is 5.13 Å². The van der Waals surface area contributed by atoms with E-state index >= 15 is 0 Å². The summed E-state index contributed by atoms with van der Waals surface area (Å²) < 4.78 is 0. The molecule has 15 heavy (non-hydrogen) atoms. The van der Waals surface area contributed by atoms with Crippen LogP contribution in [-0.4, -0.2) is 23.3 Å². The molecule has 1 rings (SSSR count). The number of nitrogens with one attached hydrogen (secondary N) is 2. The molecule has 0 saturated heterocycles. The maximum absolute atomic E-state index is 11.2. The molecule has 6 heteroatoms. The summed E-state index contributed by atoms with van der Waals surface area (Å²) in [5, 5.41) is 7.54. The van der Waals surface area contributed by atoms with Crippen LogP contribution in [0.4, 0.5) is 5.13 Å². The highest BCUT2D eigenvalue weighted by molar-refractivity contribution is 7.13. The predicted octanol–water partition coefficient (Wildman–Crippen LogP) is 0.780. The molecule has 1 aromatic heterocycles. The van der Waals surface area contributed by atoms with E-state index in [2.05, 4.69) is 15.6 Å². The van der Waals surface area contributed by atoms with Crippen LogP contribution >= 0.6 is 11.3 Å². The molecule has 0 atom stereocenters. The monoisotopic (exact) mass is 227 g/mol. The topological polar surface area (TPSA) is 71.1 Å². The van der Waals surface area contributed by atoms with E-state index in [9.17, 15) is 9.59 Å². The van der Waals surface area contributed by atoms with Crippen molar-refractivity contribution in [3.63, 3.8) is 0 Å². The number of likely N-dealkylation sites (N-methyl/N-ethyl adjacent to an activating group) is 1. The average molecular weight is 227 g/mol. The smallest absolute Gasteiger partial charge is 0.226 e. The molecular formula is C9H13N3O2S. The minimum atomic E-state index is -0.158. The van der Waals surface area contributed by atoms with E-state index in [0.717, 1.165) is 0 Å². The molecule has 0 spiro atoms. The zero-order chi connectivity index (χ0) is 11.3. The minimum Gasteiger partial charge on any atom is -0.356 e. The molecule has 0 radical (unpaired) electrons. The quantitative estimate of drug-likeness (QED) is 0.798. The van der Waals surface area contributed by atoms with Crippen molar-refractivity contribution >= 4 is 28.3 Å². The number of amides is 2. The summed E-state index contributed by atoms with van der Waals surface area (Å²) in [4.78, 5) is 26.0. The van der Waals surface area contributed by atoms with Gasteiger partial charge in [0.05, 0.1) is 12.1 Å². The first-order valence-electron chi connectivity index (χ1n) is 4.60. The Labute approximate surface area is 91.9 Å². The van der Waals surface area contributed by atoms with Crippen LogP contribution in [-0.2, 0) is 16.0 Å². The van der Waals surface area contributed by atoms with Crippen LogP contribution in [0.5, 0.6) is 0 Å². The lowest BCUT2D eigenvalue weighted by atomic mass is 10.3. The maximum atomic E-state index is 11.2. The van der Waals surface area contributed by atoms with Gasteiger partial charge >= 0.3 is 0 Å². The van der Waals surface area contributed by atoms with Gasteiger partial charge in [-0.3, -0.25) is 9.59 Å². The van der Waals surface area contributed by atoms with Crippen LogP contribution in [0.2, 0.25) is 0 Å². The number of rotatable bonds is 4. The molecule has 0 aromatic carbocycles. The van der Waals surface area contributed by atoms with E-state index in [0.29, 0.717) is 17.4 Å². The Morgan fingerprint density at radius 1 is 1.53 bits per heavy atom. The van der Waals surface area contributed by atoms with Crippen LogP contribution in [0.3, 0.4) is 0 Å². The van der Waals surface area contributed by atoms with E-state index in [-0.39, 0.29) is 18.2 Å². The van der Waals surface area contributed by atoms with Crippen LogP contribution in [0.25, 0.3) is 0 Å². The number of anilines is 1. The molecule has 0 unspecified atom stereocenters. The Morgan fingerprint density at radius 2 is 2.27 bits per heavy atom. The average Bonchev–Trinajstić information content (AvgIpc) is 2.51. The van der Waals surface area contributed by atoms with Crippen LogP contribution < -0.4 is 10.6 Å². The van der Waals surface area contributed by atoms with Crippen molar-refractivity contribution < 1.29 is 9.59 Å². The molecule has 0 fully saturated rings. The molecule has 1 aromatic rings. The van der Waals surface area contributed by atoms with Crippen molar-refractivity contribution in [2.75, 3.05) is 11.9 Å². The Bertz CT molecular complexity index is 362. The van der Waals surface area contributed by atoms with E-state index in [4.69, 9.17) is 0 Å². The minimum absolute atomic E-state index is 0.0582. The fourth-order valence-corrected chi connectivity index (χ4v) is 1.78. The fraction of sp³-hybridized carbons (Fsp3) is 0.444. The third-order valence-electron chi connectivity index (χ3n) is 1.55. The molecule has 0 aliphatic heterocycles. The third kappa shape index (κ3) is 4.07. The molecular weight excluding hydrogens is 214 g/mol. The van der Waals surface area contributed by atoms with Gasteiger partial charge in [-0.25, -0.2) is 4.98 Å². The number of carbonyl (C=O) groups excluding carboxylic acids is 2. The van der Waals surface area contributed by atoms with Crippen molar-refractivity contribution in [2.24, 2.45) is 0 Å². The highest BCUT2D eigenvalue weighted by Gasteiger charge is 2.07. The number of carbonyl (C=O) groups is 2. The number of hydrogen-bond acceptors (Lipinski definition) is 4. The summed E-state index contributed by atoms with van der Waals surface area (Å²) in [5.41, 5.74) is 0.676. The van der Waals surface area contributed by atoms with Gasteiger partial charge < -0.3 is 10.6 Å². The highest BCUT2D eigenvalue weighted by Crippen LogP contribution is 2.15. The molecule has 82 valence electrons. The van der Waals surface area contributed by atoms with E-state index in [1.807, 2.05) is 6.92 Å². The van der Waals surface area contributed by atoms with E-state index in [1.54, 1.807) is 5.38 Å².